The predicted octanol–water partition coefficient (Wildman–Crippen LogP) is 0.837. The summed E-state index contributed by atoms with van der Waals surface area (Å²) in [6.07, 6.45) is 1.61. The van der Waals surface area contributed by atoms with E-state index < -0.39 is 5.97 Å². The van der Waals surface area contributed by atoms with Crippen LogP contribution in [0.2, 0.25) is 0 Å². The maximum atomic E-state index is 11.9. The summed E-state index contributed by atoms with van der Waals surface area (Å²) in [5.41, 5.74) is 0.869. The summed E-state index contributed by atoms with van der Waals surface area (Å²) in [7, 11) is 0. The molecular weight excluding hydrogens is 308 g/mol. The fraction of sp³-hybridized carbons (Fsp3) is 0.385. The number of thiazole rings is 1. The van der Waals surface area contributed by atoms with E-state index in [1.807, 2.05) is 13.8 Å². The maximum absolute atomic E-state index is 11.9. The molecule has 0 bridgehead atoms. The van der Waals surface area contributed by atoms with Crippen LogP contribution >= 0.6 is 11.3 Å². The number of nitrogens with zero attached hydrogens (tertiary/aromatic N) is 3. The molecule has 0 atom stereocenters. The number of aliphatic carboxylic acids is 1. The lowest BCUT2D eigenvalue weighted by molar-refractivity contribution is -0.137. The molecule has 22 heavy (non-hydrogen) atoms. The molecule has 2 heterocycles. The molecule has 0 aliphatic carbocycles. The highest BCUT2D eigenvalue weighted by molar-refractivity contribution is 7.09. The molecule has 0 spiro atoms. The average molecular weight is 324 g/mol. The minimum atomic E-state index is -1.01. The van der Waals surface area contributed by atoms with Gasteiger partial charge >= 0.3 is 10.8 Å². The monoisotopic (exact) mass is 324 g/mol. The second kappa shape index (κ2) is 6.56. The third kappa shape index (κ3) is 3.82. The molecule has 0 radical (unpaired) electrons. The van der Waals surface area contributed by atoms with Gasteiger partial charge in [-0.3, -0.25) is 19.1 Å². The van der Waals surface area contributed by atoms with Gasteiger partial charge in [-0.1, -0.05) is 11.3 Å². The highest BCUT2D eigenvalue weighted by atomic mass is 32.1. The number of hydrogen-bond donors (Lipinski definition) is 2. The van der Waals surface area contributed by atoms with Crippen LogP contribution in [0.25, 0.3) is 0 Å². The van der Waals surface area contributed by atoms with Crippen molar-refractivity contribution in [1.29, 1.82) is 0 Å². The first-order valence-corrected chi connectivity index (χ1v) is 7.40. The van der Waals surface area contributed by atoms with Crippen LogP contribution < -0.4 is 10.2 Å². The second-order valence-corrected chi connectivity index (χ2v) is 5.92. The lowest BCUT2D eigenvalue weighted by Crippen LogP contribution is -2.20. The number of hydrogen-bond acceptors (Lipinski definition) is 5. The van der Waals surface area contributed by atoms with Crippen LogP contribution in [0, 0.1) is 13.8 Å². The number of carbonyl (C=O) groups is 2. The van der Waals surface area contributed by atoms with Crippen molar-refractivity contribution >= 4 is 29.0 Å². The van der Waals surface area contributed by atoms with Crippen molar-refractivity contribution in [3.05, 3.63) is 32.5 Å². The van der Waals surface area contributed by atoms with Gasteiger partial charge in [-0.2, -0.15) is 5.10 Å². The lowest BCUT2D eigenvalue weighted by Gasteiger charge is -2.05. The Hall–Kier alpha value is -2.42. The third-order valence-electron chi connectivity index (χ3n) is 3.14. The standard InChI is InChI=1S/C13H16N4O4S/c1-8-9(2)22-13(21)17(8)6-4-11(18)14-10-3-5-16(15-10)7-12(19)20/h3,5H,4,6-7H2,1-2H3,(H,19,20)(H,14,15,18). The van der Waals surface area contributed by atoms with Crippen LogP contribution in [0.4, 0.5) is 5.82 Å². The van der Waals surface area contributed by atoms with Crippen molar-refractivity contribution in [3.8, 4) is 0 Å². The Morgan fingerprint density at radius 2 is 2.14 bits per heavy atom. The number of rotatable bonds is 6. The smallest absolute Gasteiger partial charge is 0.325 e. The number of nitrogens with one attached hydrogen (secondary N) is 1. The Labute approximate surface area is 130 Å². The molecule has 0 aliphatic heterocycles. The molecule has 9 heteroatoms. The predicted molar refractivity (Wildman–Crippen MR) is 81.2 cm³/mol. The first-order valence-electron chi connectivity index (χ1n) is 6.58. The zero-order chi connectivity index (χ0) is 16.3. The topological polar surface area (TPSA) is 106 Å². The van der Waals surface area contributed by atoms with Crippen molar-refractivity contribution in [3.63, 3.8) is 0 Å². The summed E-state index contributed by atoms with van der Waals surface area (Å²) in [5.74, 6) is -1.00. The molecule has 0 aromatic carbocycles. The SMILES string of the molecule is Cc1sc(=O)n(CCC(=O)Nc2ccn(CC(=O)O)n2)c1C. The van der Waals surface area contributed by atoms with E-state index in [0.29, 0.717) is 6.54 Å². The summed E-state index contributed by atoms with van der Waals surface area (Å²) in [5, 5.41) is 15.1. The number of amides is 1. The van der Waals surface area contributed by atoms with Crippen molar-refractivity contribution in [1.82, 2.24) is 14.3 Å². The van der Waals surface area contributed by atoms with E-state index in [2.05, 4.69) is 10.4 Å². The van der Waals surface area contributed by atoms with Crippen LogP contribution in [0.3, 0.4) is 0 Å². The Morgan fingerprint density at radius 3 is 2.73 bits per heavy atom. The number of anilines is 1. The van der Waals surface area contributed by atoms with E-state index in [1.165, 1.54) is 16.9 Å². The van der Waals surface area contributed by atoms with E-state index >= 15 is 0 Å². The first kappa shape index (κ1) is 16.0. The summed E-state index contributed by atoms with van der Waals surface area (Å²) < 4.78 is 2.79. The van der Waals surface area contributed by atoms with Gasteiger partial charge in [0.15, 0.2) is 5.82 Å². The number of carboxylic acids is 1. The van der Waals surface area contributed by atoms with Crippen LogP contribution in [0.15, 0.2) is 17.1 Å². The fourth-order valence-electron chi connectivity index (χ4n) is 1.92. The minimum absolute atomic E-state index is 0.0754. The molecule has 1 amide bonds. The lowest BCUT2D eigenvalue weighted by atomic mass is 10.3. The molecule has 2 aromatic heterocycles. The van der Waals surface area contributed by atoms with E-state index in [0.717, 1.165) is 21.9 Å². The highest BCUT2D eigenvalue weighted by Crippen LogP contribution is 2.10. The Morgan fingerprint density at radius 1 is 1.41 bits per heavy atom. The van der Waals surface area contributed by atoms with Gasteiger partial charge in [0, 0.05) is 35.8 Å². The molecular formula is C13H16N4O4S. The summed E-state index contributed by atoms with van der Waals surface area (Å²) in [6.45, 7) is 3.75. The summed E-state index contributed by atoms with van der Waals surface area (Å²) in [4.78, 5) is 35.0. The van der Waals surface area contributed by atoms with E-state index in [4.69, 9.17) is 5.11 Å². The quantitative estimate of drug-likeness (QED) is 0.819. The van der Waals surface area contributed by atoms with Crippen molar-refractivity contribution in [2.24, 2.45) is 0 Å². The van der Waals surface area contributed by atoms with Crippen LogP contribution in [0.1, 0.15) is 17.0 Å². The Bertz CT molecular complexity index is 758. The molecule has 2 N–H and O–H groups in total. The zero-order valence-corrected chi connectivity index (χ0v) is 13.0. The number of carboxylic acid groups (broad SMARTS) is 1. The minimum Gasteiger partial charge on any atom is -0.480 e. The van der Waals surface area contributed by atoms with Gasteiger partial charge in [0.05, 0.1) is 0 Å². The first-order chi connectivity index (χ1) is 10.4. The average Bonchev–Trinajstić information content (AvgIpc) is 2.93. The maximum Gasteiger partial charge on any atom is 0.325 e. The molecule has 8 nitrogen and oxygen atoms in total. The molecule has 118 valence electrons. The van der Waals surface area contributed by atoms with Crippen molar-refractivity contribution in [2.75, 3.05) is 5.32 Å². The van der Waals surface area contributed by atoms with Gasteiger partial charge in [0.25, 0.3) is 0 Å². The van der Waals surface area contributed by atoms with Gasteiger partial charge in [0.2, 0.25) is 5.91 Å². The Balaban J connectivity index is 1.92. The second-order valence-electron chi connectivity index (χ2n) is 4.75. The molecule has 0 aliphatic rings. The molecule has 2 rings (SSSR count). The molecule has 0 unspecified atom stereocenters. The van der Waals surface area contributed by atoms with Crippen molar-refractivity contribution in [2.45, 2.75) is 33.4 Å². The summed E-state index contributed by atoms with van der Waals surface area (Å²) in [6, 6.07) is 1.52. The largest absolute Gasteiger partial charge is 0.480 e. The van der Waals surface area contributed by atoms with Gasteiger partial charge in [0.1, 0.15) is 6.54 Å². The molecule has 0 saturated heterocycles. The fourth-order valence-corrected chi connectivity index (χ4v) is 2.78. The van der Waals surface area contributed by atoms with Gasteiger partial charge in [-0.25, -0.2) is 0 Å². The molecule has 0 saturated carbocycles. The van der Waals surface area contributed by atoms with Gasteiger partial charge in [-0.15, -0.1) is 0 Å². The number of aryl methyl sites for hydroxylation is 1. The van der Waals surface area contributed by atoms with Crippen LogP contribution in [0.5, 0.6) is 0 Å². The molecule has 0 fully saturated rings. The van der Waals surface area contributed by atoms with E-state index in [1.54, 1.807) is 4.57 Å². The highest BCUT2D eigenvalue weighted by Gasteiger charge is 2.11. The van der Waals surface area contributed by atoms with Gasteiger partial charge < -0.3 is 15.0 Å². The number of carbonyl (C=O) groups excluding carboxylic acids is 1. The normalized spacial score (nSPS) is 10.6. The van der Waals surface area contributed by atoms with Crippen LogP contribution in [-0.4, -0.2) is 31.3 Å². The van der Waals surface area contributed by atoms with E-state index in [9.17, 15) is 14.4 Å². The van der Waals surface area contributed by atoms with Crippen LogP contribution in [-0.2, 0) is 22.7 Å². The zero-order valence-electron chi connectivity index (χ0n) is 12.2. The van der Waals surface area contributed by atoms with E-state index in [-0.39, 0.29) is 29.6 Å². The Kier molecular flexibility index (Phi) is 4.76. The van der Waals surface area contributed by atoms with Gasteiger partial charge in [-0.05, 0) is 13.8 Å². The molecule has 2 aromatic rings. The number of aromatic nitrogens is 3. The summed E-state index contributed by atoms with van der Waals surface area (Å²) >= 11 is 1.16. The third-order valence-corrected chi connectivity index (χ3v) is 4.14. The van der Waals surface area contributed by atoms with Crippen molar-refractivity contribution < 1.29 is 14.7 Å².